The van der Waals surface area contributed by atoms with Crippen molar-refractivity contribution in [3.63, 3.8) is 0 Å². The maximum atomic E-state index is 11.6. The SMILES string of the molecule is COC(=O)[C@H]1CCC(CO[Si](C)(C)C(C)(C)C)N(C)C1. The van der Waals surface area contributed by atoms with Crippen LogP contribution in [0.4, 0.5) is 0 Å². The van der Waals surface area contributed by atoms with E-state index in [4.69, 9.17) is 9.16 Å². The highest BCUT2D eigenvalue weighted by Gasteiger charge is 2.38. The number of nitrogens with zero attached hydrogens (tertiary/aromatic N) is 1. The van der Waals surface area contributed by atoms with Crippen LogP contribution in [0.1, 0.15) is 33.6 Å². The summed E-state index contributed by atoms with van der Waals surface area (Å²) in [4.78, 5) is 13.8. The maximum Gasteiger partial charge on any atom is 0.309 e. The Bertz CT molecular complexity index is 339. The van der Waals surface area contributed by atoms with E-state index in [9.17, 15) is 4.79 Å². The predicted octanol–water partition coefficient (Wildman–Crippen LogP) is 2.89. The minimum atomic E-state index is -1.68. The monoisotopic (exact) mass is 301 g/mol. The molecule has 1 aliphatic rings. The second-order valence-electron chi connectivity index (χ2n) is 7.46. The molecule has 2 atom stereocenters. The van der Waals surface area contributed by atoms with Gasteiger partial charge in [0.15, 0.2) is 8.32 Å². The standard InChI is InChI=1S/C15H31NO3Si/c1-15(2,3)20(6,7)19-11-13-9-8-12(10-16(13)4)14(17)18-5/h12-13H,8-11H2,1-7H3/t12-,13?/m0/s1. The van der Waals surface area contributed by atoms with E-state index >= 15 is 0 Å². The third-order valence-corrected chi connectivity index (χ3v) is 9.46. The lowest BCUT2D eigenvalue weighted by Crippen LogP contribution is -2.49. The van der Waals surface area contributed by atoms with Crippen LogP contribution in [0, 0.1) is 5.92 Å². The minimum absolute atomic E-state index is 0.0223. The van der Waals surface area contributed by atoms with Crippen LogP contribution in [0.5, 0.6) is 0 Å². The van der Waals surface area contributed by atoms with Crippen molar-refractivity contribution < 1.29 is 14.0 Å². The lowest BCUT2D eigenvalue weighted by atomic mass is 9.93. The first-order valence-corrected chi connectivity index (χ1v) is 10.4. The molecule has 1 saturated heterocycles. The molecule has 4 nitrogen and oxygen atoms in total. The Balaban J connectivity index is 2.50. The molecule has 1 rings (SSSR count). The van der Waals surface area contributed by atoms with Gasteiger partial charge in [-0.2, -0.15) is 0 Å². The second-order valence-corrected chi connectivity index (χ2v) is 12.3. The Kier molecular flexibility index (Phi) is 5.81. The number of hydrogen-bond acceptors (Lipinski definition) is 4. The molecule has 1 aliphatic heterocycles. The van der Waals surface area contributed by atoms with E-state index in [2.05, 4.69) is 45.8 Å². The lowest BCUT2D eigenvalue weighted by molar-refractivity contribution is -0.147. The van der Waals surface area contributed by atoms with E-state index in [0.29, 0.717) is 6.04 Å². The van der Waals surface area contributed by atoms with Crippen LogP contribution in [0.2, 0.25) is 18.1 Å². The number of rotatable bonds is 4. The van der Waals surface area contributed by atoms with E-state index < -0.39 is 8.32 Å². The summed E-state index contributed by atoms with van der Waals surface area (Å²) in [5.74, 6) is -0.0604. The van der Waals surface area contributed by atoms with E-state index in [1.807, 2.05) is 0 Å². The molecule has 0 amide bonds. The van der Waals surface area contributed by atoms with Crippen LogP contribution in [-0.4, -0.2) is 52.5 Å². The zero-order valence-corrected chi connectivity index (χ0v) is 15.2. The first-order valence-electron chi connectivity index (χ1n) is 7.50. The third kappa shape index (κ3) is 4.30. The van der Waals surface area contributed by atoms with Crippen LogP contribution in [-0.2, 0) is 14.0 Å². The van der Waals surface area contributed by atoms with Crippen LogP contribution in [0.15, 0.2) is 0 Å². The van der Waals surface area contributed by atoms with Crippen LogP contribution in [0.25, 0.3) is 0 Å². The van der Waals surface area contributed by atoms with Crippen molar-refractivity contribution in [2.45, 2.75) is 57.8 Å². The fourth-order valence-corrected chi connectivity index (χ4v) is 3.33. The van der Waals surface area contributed by atoms with Gasteiger partial charge in [-0.25, -0.2) is 0 Å². The first-order chi connectivity index (χ1) is 9.08. The van der Waals surface area contributed by atoms with Gasteiger partial charge in [0.25, 0.3) is 0 Å². The van der Waals surface area contributed by atoms with Crippen molar-refractivity contribution in [3.05, 3.63) is 0 Å². The largest absolute Gasteiger partial charge is 0.469 e. The molecule has 20 heavy (non-hydrogen) atoms. The number of methoxy groups -OCH3 is 1. The Hall–Kier alpha value is -0.393. The van der Waals surface area contributed by atoms with E-state index in [1.54, 1.807) is 0 Å². The van der Waals surface area contributed by atoms with Gasteiger partial charge in [-0.1, -0.05) is 20.8 Å². The number of likely N-dealkylation sites (tertiary alicyclic amines) is 1. The quantitative estimate of drug-likeness (QED) is 0.591. The molecule has 0 bridgehead atoms. The van der Waals surface area contributed by atoms with Crippen LogP contribution >= 0.6 is 0 Å². The van der Waals surface area contributed by atoms with E-state index in [1.165, 1.54) is 7.11 Å². The molecule has 0 saturated carbocycles. The molecule has 118 valence electrons. The summed E-state index contributed by atoms with van der Waals surface area (Å²) in [5, 5.41) is 0.245. The van der Waals surface area contributed by atoms with Crippen molar-refractivity contribution in [1.29, 1.82) is 0 Å². The van der Waals surface area contributed by atoms with Gasteiger partial charge in [0.2, 0.25) is 0 Å². The summed E-state index contributed by atoms with van der Waals surface area (Å²) in [6.45, 7) is 12.9. The van der Waals surface area contributed by atoms with Gasteiger partial charge in [-0.05, 0) is 38.0 Å². The topological polar surface area (TPSA) is 38.8 Å². The lowest BCUT2D eigenvalue weighted by Gasteiger charge is -2.41. The molecule has 0 aromatic carbocycles. The zero-order valence-electron chi connectivity index (χ0n) is 14.2. The van der Waals surface area contributed by atoms with Crippen molar-refractivity contribution >= 4 is 14.3 Å². The Morgan fingerprint density at radius 1 is 1.30 bits per heavy atom. The van der Waals surface area contributed by atoms with Crippen LogP contribution in [0.3, 0.4) is 0 Å². The molecule has 0 aromatic rings. The highest BCUT2D eigenvalue weighted by molar-refractivity contribution is 6.74. The van der Waals surface area contributed by atoms with Crippen molar-refractivity contribution in [2.75, 3.05) is 27.3 Å². The van der Waals surface area contributed by atoms with Gasteiger partial charge in [-0.3, -0.25) is 4.79 Å². The molecule has 1 fully saturated rings. The zero-order chi connectivity index (χ0) is 15.6. The molecule has 0 spiro atoms. The number of hydrogen-bond donors (Lipinski definition) is 0. The summed E-state index contributed by atoms with van der Waals surface area (Å²) in [7, 11) is 1.86. The van der Waals surface area contributed by atoms with Gasteiger partial charge >= 0.3 is 5.97 Å². The highest BCUT2D eigenvalue weighted by Crippen LogP contribution is 2.37. The second kappa shape index (κ2) is 6.58. The summed E-state index contributed by atoms with van der Waals surface area (Å²) < 4.78 is 11.1. The first kappa shape index (κ1) is 17.7. The highest BCUT2D eigenvalue weighted by atomic mass is 28.4. The molecule has 0 aromatic heterocycles. The number of carbonyl (C=O) groups is 1. The Labute approximate surface area is 124 Å². The molecule has 5 heteroatoms. The Morgan fingerprint density at radius 2 is 1.90 bits per heavy atom. The molecule has 1 heterocycles. The molecular formula is C15H31NO3Si. The van der Waals surface area contributed by atoms with Gasteiger partial charge in [0, 0.05) is 19.2 Å². The smallest absolute Gasteiger partial charge is 0.309 e. The minimum Gasteiger partial charge on any atom is -0.469 e. The molecular weight excluding hydrogens is 270 g/mol. The van der Waals surface area contributed by atoms with Gasteiger partial charge in [0.1, 0.15) is 0 Å². The third-order valence-electron chi connectivity index (χ3n) is 4.96. The maximum absolute atomic E-state index is 11.6. The number of ether oxygens (including phenoxy) is 1. The molecule has 0 aliphatic carbocycles. The molecule has 0 radical (unpaired) electrons. The van der Waals surface area contributed by atoms with E-state index in [0.717, 1.165) is 26.0 Å². The summed E-state index contributed by atoms with van der Waals surface area (Å²) in [6.07, 6.45) is 1.91. The van der Waals surface area contributed by atoms with Gasteiger partial charge in [0.05, 0.1) is 13.0 Å². The number of carbonyl (C=O) groups excluding carboxylic acids is 1. The van der Waals surface area contributed by atoms with Crippen LogP contribution < -0.4 is 0 Å². The average Bonchev–Trinajstić information content (AvgIpc) is 2.35. The normalized spacial score (nSPS) is 25.6. The average molecular weight is 302 g/mol. The van der Waals surface area contributed by atoms with Crippen molar-refractivity contribution in [3.8, 4) is 0 Å². The number of esters is 1. The van der Waals surface area contributed by atoms with Gasteiger partial charge < -0.3 is 14.1 Å². The number of likely N-dealkylation sites (N-methyl/N-ethyl adjacent to an activating group) is 1. The molecule has 0 N–H and O–H groups in total. The molecule has 1 unspecified atom stereocenters. The number of piperidine rings is 1. The summed E-state index contributed by atoms with van der Waals surface area (Å²) >= 11 is 0. The van der Waals surface area contributed by atoms with E-state index in [-0.39, 0.29) is 16.9 Å². The predicted molar refractivity (Wildman–Crippen MR) is 84.3 cm³/mol. The fourth-order valence-electron chi connectivity index (χ4n) is 2.29. The fraction of sp³-hybridized carbons (Fsp3) is 0.933. The Morgan fingerprint density at radius 3 is 2.35 bits per heavy atom. The summed E-state index contributed by atoms with van der Waals surface area (Å²) in [5.41, 5.74) is 0. The summed E-state index contributed by atoms with van der Waals surface area (Å²) in [6, 6.07) is 0.421. The van der Waals surface area contributed by atoms with Gasteiger partial charge in [-0.15, -0.1) is 0 Å². The van der Waals surface area contributed by atoms with Crippen molar-refractivity contribution in [1.82, 2.24) is 4.90 Å². The van der Waals surface area contributed by atoms with Crippen molar-refractivity contribution in [2.24, 2.45) is 5.92 Å².